The minimum Gasteiger partial charge on any atom is -0.423 e. The summed E-state index contributed by atoms with van der Waals surface area (Å²) in [7, 11) is 0. The number of nitrogens with zero attached hydrogens (tertiary/aromatic N) is 1. The number of hydrogen-bond donors (Lipinski definition) is 1. The van der Waals surface area contributed by atoms with Crippen molar-refractivity contribution in [3.63, 3.8) is 0 Å². The minimum atomic E-state index is -0.434. The number of halogens is 1. The predicted octanol–water partition coefficient (Wildman–Crippen LogP) is 4.68. The summed E-state index contributed by atoms with van der Waals surface area (Å²) in [4.78, 5) is 38.2. The minimum absolute atomic E-state index is 0.0771. The molecule has 2 amide bonds. The fourth-order valence-electron chi connectivity index (χ4n) is 3.01. The summed E-state index contributed by atoms with van der Waals surface area (Å²) in [6.07, 6.45) is 1.78. The van der Waals surface area contributed by atoms with Crippen LogP contribution in [0.25, 0.3) is 17.0 Å². The van der Waals surface area contributed by atoms with Crippen molar-refractivity contribution >= 4 is 74.4 Å². The zero-order chi connectivity index (χ0) is 22.0. The van der Waals surface area contributed by atoms with Crippen LogP contribution >= 0.6 is 35.6 Å². The number of amides is 2. The summed E-state index contributed by atoms with van der Waals surface area (Å²) in [5.41, 5.74) is 1.30. The highest BCUT2D eigenvalue weighted by Gasteiger charge is 2.32. The van der Waals surface area contributed by atoms with Crippen LogP contribution in [0.15, 0.2) is 68.7 Å². The molecule has 4 rings (SSSR count). The first-order chi connectivity index (χ1) is 14.9. The van der Waals surface area contributed by atoms with E-state index < -0.39 is 5.63 Å². The van der Waals surface area contributed by atoms with Gasteiger partial charge in [0.25, 0.3) is 5.91 Å². The SMILES string of the molecule is O=C(CCN1C(=O)C(=Cc2ccccc2Cl)SC1=S)Nc1ccc2oc(=O)ccc2c1. The van der Waals surface area contributed by atoms with Gasteiger partial charge in [0.15, 0.2) is 0 Å². The maximum Gasteiger partial charge on any atom is 0.336 e. The summed E-state index contributed by atoms with van der Waals surface area (Å²) in [5.74, 6) is -0.510. The van der Waals surface area contributed by atoms with E-state index in [1.165, 1.54) is 22.7 Å². The van der Waals surface area contributed by atoms with Gasteiger partial charge < -0.3 is 9.73 Å². The zero-order valence-corrected chi connectivity index (χ0v) is 18.4. The Bertz CT molecular complexity index is 1300. The van der Waals surface area contributed by atoms with Crippen LogP contribution in [0.5, 0.6) is 0 Å². The van der Waals surface area contributed by atoms with Gasteiger partial charge in [-0.2, -0.15) is 0 Å². The Labute approximate surface area is 191 Å². The fraction of sp³-hybridized carbons (Fsp3) is 0.0909. The van der Waals surface area contributed by atoms with Crippen molar-refractivity contribution in [2.45, 2.75) is 6.42 Å². The van der Waals surface area contributed by atoms with Gasteiger partial charge >= 0.3 is 5.63 Å². The number of carbonyl (C=O) groups is 2. The monoisotopic (exact) mass is 470 g/mol. The van der Waals surface area contributed by atoms with Gasteiger partial charge in [0.05, 0.1) is 4.91 Å². The molecule has 0 atom stereocenters. The molecule has 6 nitrogen and oxygen atoms in total. The number of rotatable bonds is 5. The first-order valence-electron chi connectivity index (χ1n) is 9.24. The van der Waals surface area contributed by atoms with Crippen LogP contribution in [-0.2, 0) is 9.59 Å². The van der Waals surface area contributed by atoms with Crippen molar-refractivity contribution in [3.8, 4) is 0 Å². The number of thiocarbonyl (C=S) groups is 1. The number of thioether (sulfide) groups is 1. The van der Waals surface area contributed by atoms with E-state index in [4.69, 9.17) is 28.2 Å². The number of hydrogen-bond acceptors (Lipinski definition) is 6. The third-order valence-corrected chi connectivity index (χ3v) is 6.25. The van der Waals surface area contributed by atoms with E-state index >= 15 is 0 Å². The maximum absolute atomic E-state index is 12.7. The lowest BCUT2D eigenvalue weighted by Crippen LogP contribution is -2.31. The molecule has 0 unspecified atom stereocenters. The summed E-state index contributed by atoms with van der Waals surface area (Å²) in [6.45, 7) is 0.165. The quantitative estimate of drug-likeness (QED) is 0.331. The molecule has 2 heterocycles. The number of fused-ring (bicyclic) bond motifs is 1. The van der Waals surface area contributed by atoms with Gasteiger partial charge in [-0.3, -0.25) is 14.5 Å². The highest BCUT2D eigenvalue weighted by Crippen LogP contribution is 2.33. The Kier molecular flexibility index (Phi) is 6.22. The standard InChI is InChI=1S/C22H15ClN2O4S2/c23-16-4-2-1-3-13(16)12-18-21(28)25(22(30)31-18)10-9-19(26)24-15-6-7-17-14(11-15)5-8-20(27)29-17/h1-8,11-12H,9-10H2,(H,24,26). The molecule has 156 valence electrons. The molecule has 0 saturated carbocycles. The highest BCUT2D eigenvalue weighted by molar-refractivity contribution is 8.26. The molecule has 1 aromatic heterocycles. The lowest BCUT2D eigenvalue weighted by atomic mass is 10.2. The molecule has 0 radical (unpaired) electrons. The molecule has 1 fully saturated rings. The molecular formula is C22H15ClN2O4S2. The van der Waals surface area contributed by atoms with Crippen molar-refractivity contribution < 1.29 is 14.0 Å². The van der Waals surface area contributed by atoms with Crippen LogP contribution in [0.2, 0.25) is 5.02 Å². The van der Waals surface area contributed by atoms with Gasteiger partial charge in [-0.15, -0.1) is 0 Å². The average Bonchev–Trinajstić information content (AvgIpc) is 3.01. The van der Waals surface area contributed by atoms with Crippen LogP contribution in [0.4, 0.5) is 5.69 Å². The molecule has 0 bridgehead atoms. The first kappa shape index (κ1) is 21.3. The second-order valence-corrected chi connectivity index (χ2v) is 8.74. The van der Waals surface area contributed by atoms with Gasteiger partial charge in [0, 0.05) is 35.1 Å². The molecule has 0 spiro atoms. The predicted molar refractivity (Wildman–Crippen MR) is 127 cm³/mol. The van der Waals surface area contributed by atoms with Gasteiger partial charge in [-0.25, -0.2) is 4.79 Å². The third kappa shape index (κ3) is 4.87. The van der Waals surface area contributed by atoms with Crippen molar-refractivity contribution in [3.05, 3.63) is 80.5 Å². The lowest BCUT2D eigenvalue weighted by molar-refractivity contribution is -0.122. The average molecular weight is 471 g/mol. The molecule has 1 N–H and O–H groups in total. The molecular weight excluding hydrogens is 456 g/mol. The van der Waals surface area contributed by atoms with E-state index in [0.717, 1.165) is 5.56 Å². The highest BCUT2D eigenvalue weighted by atomic mass is 35.5. The Hall–Kier alpha value is -2.94. The van der Waals surface area contributed by atoms with Gasteiger partial charge in [0.2, 0.25) is 5.91 Å². The van der Waals surface area contributed by atoms with Gasteiger partial charge in [-0.05, 0) is 42.0 Å². The van der Waals surface area contributed by atoms with E-state index in [1.807, 2.05) is 18.2 Å². The fourth-order valence-corrected chi connectivity index (χ4v) is 4.50. The molecule has 1 aliphatic heterocycles. The summed E-state index contributed by atoms with van der Waals surface area (Å²) < 4.78 is 5.48. The topological polar surface area (TPSA) is 79.6 Å². The van der Waals surface area contributed by atoms with E-state index in [2.05, 4.69) is 5.32 Å². The van der Waals surface area contributed by atoms with Crippen molar-refractivity contribution in [1.29, 1.82) is 0 Å². The van der Waals surface area contributed by atoms with Gasteiger partial charge in [0.1, 0.15) is 9.90 Å². The largest absolute Gasteiger partial charge is 0.423 e. The number of benzene rings is 2. The van der Waals surface area contributed by atoms with E-state index in [1.54, 1.807) is 36.4 Å². The molecule has 1 aliphatic rings. The van der Waals surface area contributed by atoms with Gasteiger partial charge in [-0.1, -0.05) is 53.8 Å². The normalized spacial score (nSPS) is 15.1. The summed E-state index contributed by atoms with van der Waals surface area (Å²) in [6, 6.07) is 15.1. The Morgan fingerprint density at radius 1 is 1.16 bits per heavy atom. The van der Waals surface area contributed by atoms with Crippen molar-refractivity contribution in [2.24, 2.45) is 0 Å². The molecule has 1 saturated heterocycles. The van der Waals surface area contributed by atoms with Crippen LogP contribution in [0, 0.1) is 0 Å². The summed E-state index contributed by atoms with van der Waals surface area (Å²) >= 11 is 12.7. The Morgan fingerprint density at radius 2 is 1.97 bits per heavy atom. The maximum atomic E-state index is 12.7. The number of anilines is 1. The lowest BCUT2D eigenvalue weighted by Gasteiger charge is -2.14. The zero-order valence-electron chi connectivity index (χ0n) is 16.0. The second kappa shape index (κ2) is 9.05. The Morgan fingerprint density at radius 3 is 2.77 bits per heavy atom. The van der Waals surface area contributed by atoms with Crippen molar-refractivity contribution in [2.75, 3.05) is 11.9 Å². The number of carbonyl (C=O) groups excluding carboxylic acids is 2. The first-order valence-corrected chi connectivity index (χ1v) is 10.8. The van der Waals surface area contributed by atoms with Crippen molar-refractivity contribution in [1.82, 2.24) is 4.90 Å². The summed E-state index contributed by atoms with van der Waals surface area (Å²) in [5, 5.41) is 4.02. The molecule has 3 aromatic rings. The van der Waals surface area contributed by atoms with Crippen LogP contribution in [-0.4, -0.2) is 27.6 Å². The van der Waals surface area contributed by atoms with E-state index in [9.17, 15) is 14.4 Å². The van der Waals surface area contributed by atoms with Crippen LogP contribution in [0.3, 0.4) is 0 Å². The van der Waals surface area contributed by atoms with E-state index in [-0.39, 0.29) is 24.8 Å². The molecule has 9 heteroatoms. The second-order valence-electron chi connectivity index (χ2n) is 6.66. The van der Waals surface area contributed by atoms with E-state index in [0.29, 0.717) is 30.9 Å². The number of nitrogens with one attached hydrogen (secondary N) is 1. The Balaban J connectivity index is 1.39. The molecule has 2 aromatic carbocycles. The van der Waals surface area contributed by atoms with Crippen LogP contribution in [0.1, 0.15) is 12.0 Å². The van der Waals surface area contributed by atoms with Crippen LogP contribution < -0.4 is 10.9 Å². The molecule has 0 aliphatic carbocycles. The molecule has 31 heavy (non-hydrogen) atoms. The smallest absolute Gasteiger partial charge is 0.336 e. The third-order valence-electron chi connectivity index (χ3n) is 4.53.